The second kappa shape index (κ2) is 7.11. The van der Waals surface area contributed by atoms with Crippen LogP contribution in [-0.4, -0.2) is 47.0 Å². The zero-order valence-electron chi connectivity index (χ0n) is 14.1. The lowest BCUT2D eigenvalue weighted by atomic mass is 9.92. The summed E-state index contributed by atoms with van der Waals surface area (Å²) >= 11 is 12.0. The van der Waals surface area contributed by atoms with Gasteiger partial charge in [-0.1, -0.05) is 47.5 Å². The van der Waals surface area contributed by atoms with Crippen LogP contribution in [0.2, 0.25) is 10.0 Å². The molecule has 0 spiro atoms. The number of hydrogen-bond acceptors (Lipinski definition) is 3. The Morgan fingerprint density at radius 3 is 1.69 bits per heavy atom. The molecule has 0 radical (unpaired) electrons. The number of nitrogens with zero attached hydrogens (tertiary/aromatic N) is 2. The molecule has 134 valence electrons. The summed E-state index contributed by atoms with van der Waals surface area (Å²) in [5.74, 6) is -0.677. The van der Waals surface area contributed by atoms with Gasteiger partial charge in [0.15, 0.2) is 6.10 Å². The van der Waals surface area contributed by atoms with Crippen molar-refractivity contribution in [1.82, 2.24) is 9.80 Å². The molecule has 7 heteroatoms. The standard InChI is InChI=1S/C19H16Cl2N2O3/c1-22-16(17(24)18(25)23(2)19(22)26)15(11-3-7-13(20)8-4-11)12-5-9-14(21)10-6-12/h3-10,17,24H,1-2H3. The normalized spacial score (nSPS) is 17.7. The summed E-state index contributed by atoms with van der Waals surface area (Å²) in [6.45, 7) is 0. The number of aliphatic hydroxyl groups is 1. The monoisotopic (exact) mass is 390 g/mol. The topological polar surface area (TPSA) is 60.9 Å². The van der Waals surface area contributed by atoms with Crippen molar-refractivity contribution in [3.63, 3.8) is 0 Å². The molecular weight excluding hydrogens is 375 g/mol. The summed E-state index contributed by atoms with van der Waals surface area (Å²) < 4.78 is 0. The van der Waals surface area contributed by atoms with Gasteiger partial charge in [-0.3, -0.25) is 14.6 Å². The smallest absolute Gasteiger partial charge is 0.330 e. The first-order valence-electron chi connectivity index (χ1n) is 7.80. The number of amides is 3. The molecule has 0 bridgehead atoms. The van der Waals surface area contributed by atoms with Crippen LogP contribution in [0.5, 0.6) is 0 Å². The molecule has 1 heterocycles. The van der Waals surface area contributed by atoms with E-state index < -0.39 is 18.0 Å². The number of benzene rings is 2. The number of carbonyl (C=O) groups excluding carboxylic acids is 2. The van der Waals surface area contributed by atoms with Crippen molar-refractivity contribution in [1.29, 1.82) is 0 Å². The number of urea groups is 1. The van der Waals surface area contributed by atoms with Crippen molar-refractivity contribution < 1.29 is 14.7 Å². The van der Waals surface area contributed by atoms with Gasteiger partial charge in [-0.15, -0.1) is 0 Å². The molecule has 3 rings (SSSR count). The third-order valence-corrected chi connectivity index (χ3v) is 4.78. The Morgan fingerprint density at radius 2 is 1.27 bits per heavy atom. The first-order valence-corrected chi connectivity index (χ1v) is 8.56. The van der Waals surface area contributed by atoms with Gasteiger partial charge in [-0.25, -0.2) is 4.79 Å². The summed E-state index contributed by atoms with van der Waals surface area (Å²) in [7, 11) is 2.86. The average Bonchev–Trinajstić information content (AvgIpc) is 2.64. The van der Waals surface area contributed by atoms with Crippen LogP contribution in [0.25, 0.3) is 5.57 Å². The zero-order valence-corrected chi connectivity index (χ0v) is 15.6. The van der Waals surface area contributed by atoms with Gasteiger partial charge < -0.3 is 5.11 Å². The highest BCUT2D eigenvalue weighted by molar-refractivity contribution is 6.31. The fourth-order valence-corrected chi connectivity index (χ4v) is 3.16. The second-order valence-electron chi connectivity index (χ2n) is 5.92. The van der Waals surface area contributed by atoms with Crippen molar-refractivity contribution in [2.75, 3.05) is 14.1 Å². The van der Waals surface area contributed by atoms with Crippen molar-refractivity contribution in [2.45, 2.75) is 6.10 Å². The maximum absolute atomic E-state index is 12.4. The van der Waals surface area contributed by atoms with Gasteiger partial charge in [-0.2, -0.15) is 0 Å². The van der Waals surface area contributed by atoms with Crippen molar-refractivity contribution >= 4 is 40.7 Å². The number of likely N-dealkylation sites (N-methyl/N-ethyl adjacent to an activating group) is 2. The highest BCUT2D eigenvalue weighted by atomic mass is 35.5. The van der Waals surface area contributed by atoms with E-state index >= 15 is 0 Å². The molecule has 1 unspecified atom stereocenters. The average molecular weight is 391 g/mol. The highest BCUT2D eigenvalue weighted by Crippen LogP contribution is 2.34. The second-order valence-corrected chi connectivity index (χ2v) is 6.79. The lowest BCUT2D eigenvalue weighted by Crippen LogP contribution is -2.55. The minimum Gasteiger partial charge on any atom is -0.377 e. The van der Waals surface area contributed by atoms with E-state index in [4.69, 9.17) is 23.2 Å². The van der Waals surface area contributed by atoms with E-state index in [0.717, 1.165) is 4.90 Å². The third kappa shape index (κ3) is 3.21. The van der Waals surface area contributed by atoms with Crippen molar-refractivity contribution in [3.8, 4) is 0 Å². The molecule has 1 aliphatic heterocycles. The molecule has 2 aromatic rings. The number of hydrogen-bond donors (Lipinski definition) is 1. The molecule has 1 fully saturated rings. The van der Waals surface area contributed by atoms with Gasteiger partial charge in [0.2, 0.25) is 0 Å². The lowest BCUT2D eigenvalue weighted by Gasteiger charge is -2.36. The number of carbonyl (C=O) groups is 2. The van der Waals surface area contributed by atoms with E-state index in [2.05, 4.69) is 0 Å². The minimum absolute atomic E-state index is 0.211. The summed E-state index contributed by atoms with van der Waals surface area (Å²) in [5.41, 5.74) is 2.19. The van der Waals surface area contributed by atoms with E-state index in [-0.39, 0.29) is 5.70 Å². The number of aliphatic hydroxyl groups excluding tert-OH is 1. The van der Waals surface area contributed by atoms with Gasteiger partial charge in [0.05, 0.1) is 5.70 Å². The minimum atomic E-state index is -1.47. The van der Waals surface area contributed by atoms with E-state index in [1.165, 1.54) is 19.0 Å². The summed E-state index contributed by atoms with van der Waals surface area (Å²) in [4.78, 5) is 26.9. The van der Waals surface area contributed by atoms with Crippen molar-refractivity contribution in [2.24, 2.45) is 0 Å². The Hall–Kier alpha value is -2.34. The van der Waals surface area contributed by atoms with Gasteiger partial charge in [0.1, 0.15) is 0 Å². The summed E-state index contributed by atoms with van der Waals surface area (Å²) in [5, 5.41) is 11.7. The Kier molecular flexibility index (Phi) is 5.05. The fraction of sp³-hybridized carbons (Fsp3) is 0.158. The molecule has 0 saturated carbocycles. The third-order valence-electron chi connectivity index (χ3n) is 4.28. The summed E-state index contributed by atoms with van der Waals surface area (Å²) in [6, 6.07) is 13.4. The van der Waals surface area contributed by atoms with Crippen LogP contribution in [0, 0.1) is 0 Å². The van der Waals surface area contributed by atoms with Crippen molar-refractivity contribution in [3.05, 3.63) is 75.4 Å². The Bertz CT molecular complexity index is 821. The lowest BCUT2D eigenvalue weighted by molar-refractivity contribution is -0.137. The molecular formula is C19H16Cl2N2O3. The molecule has 0 aliphatic carbocycles. The molecule has 1 atom stereocenters. The SMILES string of the molecule is CN1C(=O)C(O)C(=C(c2ccc(Cl)cc2)c2ccc(Cl)cc2)N(C)C1=O. The predicted octanol–water partition coefficient (Wildman–Crippen LogP) is 3.64. The number of imide groups is 1. The van der Waals surface area contributed by atoms with Crippen LogP contribution in [0.3, 0.4) is 0 Å². The molecule has 1 aliphatic rings. The largest absolute Gasteiger partial charge is 0.377 e. The van der Waals surface area contributed by atoms with E-state index in [1.54, 1.807) is 48.5 Å². The van der Waals surface area contributed by atoms with Crippen LogP contribution in [0.1, 0.15) is 11.1 Å². The van der Waals surface area contributed by atoms with E-state index in [1.807, 2.05) is 0 Å². The molecule has 1 N–H and O–H groups in total. The Labute approximate surface area is 161 Å². The summed E-state index contributed by atoms with van der Waals surface area (Å²) in [6.07, 6.45) is -1.47. The molecule has 26 heavy (non-hydrogen) atoms. The molecule has 2 aromatic carbocycles. The van der Waals surface area contributed by atoms with Crippen LogP contribution in [-0.2, 0) is 4.79 Å². The fourth-order valence-electron chi connectivity index (χ4n) is 2.91. The predicted molar refractivity (Wildman–Crippen MR) is 101 cm³/mol. The highest BCUT2D eigenvalue weighted by Gasteiger charge is 2.40. The van der Waals surface area contributed by atoms with Crippen LogP contribution in [0.4, 0.5) is 4.79 Å². The van der Waals surface area contributed by atoms with Crippen LogP contribution < -0.4 is 0 Å². The van der Waals surface area contributed by atoms with Crippen LogP contribution >= 0.6 is 23.2 Å². The van der Waals surface area contributed by atoms with Gasteiger partial charge in [-0.05, 0) is 35.4 Å². The van der Waals surface area contributed by atoms with Gasteiger partial charge in [0, 0.05) is 29.7 Å². The Balaban J connectivity index is 2.29. The maximum atomic E-state index is 12.4. The first kappa shape index (κ1) is 18.5. The first-order chi connectivity index (χ1) is 12.3. The molecule has 5 nitrogen and oxygen atoms in total. The maximum Gasteiger partial charge on any atom is 0.330 e. The number of rotatable bonds is 2. The van der Waals surface area contributed by atoms with Gasteiger partial charge in [0.25, 0.3) is 5.91 Å². The number of halogens is 2. The zero-order chi connectivity index (χ0) is 19.0. The Morgan fingerprint density at radius 1 is 0.846 bits per heavy atom. The molecule has 3 amide bonds. The van der Waals surface area contributed by atoms with E-state index in [9.17, 15) is 14.7 Å². The quantitative estimate of drug-likeness (QED) is 0.851. The molecule has 0 aromatic heterocycles. The molecule has 1 saturated heterocycles. The van der Waals surface area contributed by atoms with E-state index in [0.29, 0.717) is 26.7 Å². The van der Waals surface area contributed by atoms with Crippen LogP contribution in [0.15, 0.2) is 54.2 Å². The van der Waals surface area contributed by atoms with Gasteiger partial charge >= 0.3 is 6.03 Å².